The van der Waals surface area contributed by atoms with E-state index in [9.17, 15) is 4.79 Å². The Balaban J connectivity index is 0.00000242. The molecule has 0 radical (unpaired) electrons. The zero-order valence-electron chi connectivity index (χ0n) is 13.4. The van der Waals surface area contributed by atoms with Gasteiger partial charge in [0.1, 0.15) is 6.54 Å². The number of carbonyl (C=O) groups is 1. The number of aliphatic imine (C=N–C) groups is 1. The van der Waals surface area contributed by atoms with E-state index in [4.69, 9.17) is 4.74 Å². The lowest BCUT2D eigenvalue weighted by atomic mass is 10.2. The molecule has 126 valence electrons. The van der Waals surface area contributed by atoms with Crippen molar-refractivity contribution in [1.82, 2.24) is 15.5 Å². The smallest absolute Gasteiger partial charge is 0.243 e. The first-order valence-corrected chi connectivity index (χ1v) is 7.66. The largest absolute Gasteiger partial charge is 0.376 e. The molecule has 2 N–H and O–H groups in total. The fourth-order valence-electron chi connectivity index (χ4n) is 2.38. The molecule has 0 aromatic rings. The van der Waals surface area contributed by atoms with Gasteiger partial charge in [0.25, 0.3) is 0 Å². The molecule has 1 saturated heterocycles. The molecule has 1 aliphatic carbocycles. The summed E-state index contributed by atoms with van der Waals surface area (Å²) in [5.41, 5.74) is 0. The Bertz CT molecular complexity index is 398. The molecule has 6 nitrogen and oxygen atoms in total. The second-order valence-electron chi connectivity index (χ2n) is 5.75. The summed E-state index contributed by atoms with van der Waals surface area (Å²) in [6, 6.07) is 0.371. The zero-order valence-corrected chi connectivity index (χ0v) is 15.7. The summed E-state index contributed by atoms with van der Waals surface area (Å²) in [5.74, 6) is 0.701. The van der Waals surface area contributed by atoms with E-state index >= 15 is 0 Å². The molecule has 1 aliphatic heterocycles. The Hall–Kier alpha value is -0.830. The summed E-state index contributed by atoms with van der Waals surface area (Å²) in [5, 5.41) is 6.68. The Morgan fingerprint density at radius 1 is 1.36 bits per heavy atom. The van der Waals surface area contributed by atoms with E-state index in [-0.39, 0.29) is 42.5 Å². The Labute approximate surface area is 149 Å². The highest BCUT2D eigenvalue weighted by atomic mass is 127. The standard InChI is InChI=1S/C15H26N4O2.HI/c1-19(2)14(20)11-17-15(18-12-6-3-4-7-12)16-10-13-8-5-9-21-13;/h3-4,12-13H,5-11H2,1-2H3,(H2,16,17,18);1H. The highest BCUT2D eigenvalue weighted by molar-refractivity contribution is 14.0. The summed E-state index contributed by atoms with van der Waals surface area (Å²) in [7, 11) is 3.48. The van der Waals surface area contributed by atoms with Crippen molar-refractivity contribution in [2.75, 3.05) is 33.8 Å². The van der Waals surface area contributed by atoms with Crippen LogP contribution >= 0.6 is 24.0 Å². The van der Waals surface area contributed by atoms with Crippen LogP contribution in [0.1, 0.15) is 25.7 Å². The third-order valence-corrected chi connectivity index (χ3v) is 3.74. The van der Waals surface area contributed by atoms with Crippen LogP contribution in [0.3, 0.4) is 0 Å². The minimum atomic E-state index is -0.00207. The minimum absolute atomic E-state index is 0. The number of amides is 1. The Morgan fingerprint density at radius 3 is 2.68 bits per heavy atom. The molecule has 0 spiro atoms. The second-order valence-corrected chi connectivity index (χ2v) is 5.75. The maximum atomic E-state index is 11.7. The van der Waals surface area contributed by atoms with Gasteiger partial charge in [-0.1, -0.05) is 12.2 Å². The molecule has 2 aliphatic rings. The van der Waals surface area contributed by atoms with Gasteiger partial charge in [-0.3, -0.25) is 4.79 Å². The molecular weight excluding hydrogens is 395 g/mol. The van der Waals surface area contributed by atoms with Gasteiger partial charge in [-0.05, 0) is 25.7 Å². The van der Waals surface area contributed by atoms with Crippen LogP contribution in [0.15, 0.2) is 17.1 Å². The van der Waals surface area contributed by atoms with Crippen molar-refractivity contribution in [3.63, 3.8) is 0 Å². The summed E-state index contributed by atoms with van der Waals surface area (Å²) in [4.78, 5) is 17.6. The molecule has 7 heteroatoms. The van der Waals surface area contributed by atoms with Crippen molar-refractivity contribution in [3.05, 3.63) is 12.2 Å². The maximum absolute atomic E-state index is 11.7. The Morgan fingerprint density at radius 2 is 2.09 bits per heavy atom. The molecule has 1 heterocycles. The van der Waals surface area contributed by atoms with Crippen LogP contribution in [0.5, 0.6) is 0 Å². The lowest BCUT2D eigenvalue weighted by Gasteiger charge is -2.19. The predicted molar refractivity (Wildman–Crippen MR) is 98.7 cm³/mol. The fraction of sp³-hybridized carbons (Fsp3) is 0.733. The second kappa shape index (κ2) is 10.0. The van der Waals surface area contributed by atoms with Crippen LogP contribution in [-0.2, 0) is 9.53 Å². The van der Waals surface area contributed by atoms with Gasteiger partial charge in [0.15, 0.2) is 5.96 Å². The number of guanidine groups is 1. The van der Waals surface area contributed by atoms with Gasteiger partial charge in [-0.2, -0.15) is 0 Å². The maximum Gasteiger partial charge on any atom is 0.243 e. The summed E-state index contributed by atoms with van der Waals surface area (Å²) < 4.78 is 5.60. The lowest BCUT2D eigenvalue weighted by molar-refractivity contribution is -0.127. The topological polar surface area (TPSA) is 66.0 Å². The van der Waals surface area contributed by atoms with Gasteiger partial charge in [-0.15, -0.1) is 24.0 Å². The number of hydrogen-bond donors (Lipinski definition) is 2. The molecule has 22 heavy (non-hydrogen) atoms. The number of ether oxygens (including phenoxy) is 1. The number of likely N-dealkylation sites (N-methyl/N-ethyl adjacent to an activating group) is 1. The van der Waals surface area contributed by atoms with Gasteiger partial charge < -0.3 is 20.3 Å². The van der Waals surface area contributed by atoms with Gasteiger partial charge in [0.05, 0.1) is 6.10 Å². The monoisotopic (exact) mass is 422 g/mol. The molecular formula is C15H27IN4O2. The van der Waals surface area contributed by atoms with E-state index in [0.717, 1.165) is 38.8 Å². The molecule has 1 fully saturated rings. The van der Waals surface area contributed by atoms with Gasteiger partial charge in [0.2, 0.25) is 5.91 Å². The Kier molecular flexibility index (Phi) is 8.77. The number of carbonyl (C=O) groups excluding carboxylic acids is 1. The quantitative estimate of drug-likeness (QED) is 0.302. The highest BCUT2D eigenvalue weighted by Gasteiger charge is 2.17. The fourth-order valence-corrected chi connectivity index (χ4v) is 2.38. The molecule has 0 bridgehead atoms. The number of nitrogens with one attached hydrogen (secondary N) is 2. The van der Waals surface area contributed by atoms with Crippen LogP contribution in [-0.4, -0.2) is 62.7 Å². The van der Waals surface area contributed by atoms with E-state index < -0.39 is 0 Å². The SMILES string of the molecule is CN(C)C(=O)CN=C(NCC1CCCO1)NC1CC=CC1.I. The van der Waals surface area contributed by atoms with E-state index in [1.54, 1.807) is 19.0 Å². The lowest BCUT2D eigenvalue weighted by Crippen LogP contribution is -2.45. The summed E-state index contributed by atoms with van der Waals surface area (Å²) >= 11 is 0. The van der Waals surface area contributed by atoms with Crippen molar-refractivity contribution < 1.29 is 9.53 Å². The molecule has 0 aromatic heterocycles. The molecule has 1 atom stereocenters. The van der Waals surface area contributed by atoms with Crippen LogP contribution in [0.2, 0.25) is 0 Å². The van der Waals surface area contributed by atoms with Crippen LogP contribution in [0.25, 0.3) is 0 Å². The van der Waals surface area contributed by atoms with Crippen LogP contribution < -0.4 is 10.6 Å². The number of rotatable bonds is 5. The van der Waals surface area contributed by atoms with Crippen LogP contribution in [0, 0.1) is 0 Å². The predicted octanol–water partition coefficient (Wildman–Crippen LogP) is 1.13. The van der Waals surface area contributed by atoms with E-state index in [1.165, 1.54) is 0 Å². The first kappa shape index (κ1) is 19.2. The normalized spacial score (nSPS) is 21.5. The van der Waals surface area contributed by atoms with E-state index in [1.807, 2.05) is 0 Å². The number of nitrogens with zero attached hydrogens (tertiary/aromatic N) is 2. The van der Waals surface area contributed by atoms with Crippen molar-refractivity contribution in [2.24, 2.45) is 4.99 Å². The average Bonchev–Trinajstić information content (AvgIpc) is 3.14. The molecule has 0 saturated carbocycles. The highest BCUT2D eigenvalue weighted by Crippen LogP contribution is 2.11. The zero-order chi connectivity index (χ0) is 15.1. The van der Waals surface area contributed by atoms with E-state index in [0.29, 0.717) is 12.0 Å². The summed E-state index contributed by atoms with van der Waals surface area (Å²) in [6.07, 6.45) is 8.80. The van der Waals surface area contributed by atoms with Crippen molar-refractivity contribution in [1.29, 1.82) is 0 Å². The third-order valence-electron chi connectivity index (χ3n) is 3.74. The van der Waals surface area contributed by atoms with Crippen LogP contribution in [0.4, 0.5) is 0 Å². The first-order valence-electron chi connectivity index (χ1n) is 7.66. The summed E-state index contributed by atoms with van der Waals surface area (Å²) in [6.45, 7) is 1.74. The third kappa shape index (κ3) is 6.51. The number of halogens is 1. The molecule has 1 amide bonds. The van der Waals surface area contributed by atoms with E-state index in [2.05, 4.69) is 27.8 Å². The minimum Gasteiger partial charge on any atom is -0.376 e. The first-order chi connectivity index (χ1) is 10.1. The van der Waals surface area contributed by atoms with Crippen molar-refractivity contribution >= 4 is 35.8 Å². The van der Waals surface area contributed by atoms with Gasteiger partial charge in [-0.25, -0.2) is 4.99 Å². The average molecular weight is 422 g/mol. The van der Waals surface area contributed by atoms with Gasteiger partial charge >= 0.3 is 0 Å². The van der Waals surface area contributed by atoms with Gasteiger partial charge in [0, 0.05) is 33.3 Å². The number of hydrogen-bond acceptors (Lipinski definition) is 3. The van der Waals surface area contributed by atoms with Crippen molar-refractivity contribution in [2.45, 2.75) is 37.8 Å². The van der Waals surface area contributed by atoms with Crippen molar-refractivity contribution in [3.8, 4) is 0 Å². The molecule has 2 rings (SSSR count). The molecule has 0 aromatic carbocycles. The molecule has 1 unspecified atom stereocenters.